The van der Waals surface area contributed by atoms with E-state index in [1.807, 2.05) is 0 Å². The van der Waals surface area contributed by atoms with E-state index in [9.17, 15) is 9.59 Å². The Bertz CT molecular complexity index is 546. The van der Waals surface area contributed by atoms with Crippen LogP contribution in [0.4, 0.5) is 5.69 Å². The molecule has 0 bridgehead atoms. The zero-order chi connectivity index (χ0) is 16.7. The van der Waals surface area contributed by atoms with Gasteiger partial charge < -0.3 is 25.2 Å². The van der Waals surface area contributed by atoms with Crippen LogP contribution in [0.5, 0.6) is 11.5 Å². The van der Waals surface area contributed by atoms with Gasteiger partial charge in [-0.3, -0.25) is 9.59 Å². The fourth-order valence-electron chi connectivity index (χ4n) is 1.66. The third kappa shape index (κ3) is 4.51. The first-order valence-corrected chi connectivity index (χ1v) is 6.98. The minimum absolute atomic E-state index is 0.242. The monoisotopic (exact) mass is 330 g/mol. The number of halogens is 1. The van der Waals surface area contributed by atoms with Gasteiger partial charge in [-0.2, -0.15) is 0 Å². The van der Waals surface area contributed by atoms with Crippen LogP contribution in [0.25, 0.3) is 0 Å². The molecule has 1 rings (SSSR count). The average molecular weight is 331 g/mol. The maximum Gasteiger partial charge on any atom is 0.313 e. The lowest BCUT2D eigenvalue weighted by Crippen LogP contribution is -2.43. The van der Waals surface area contributed by atoms with Crippen LogP contribution < -0.4 is 20.1 Å². The predicted octanol–water partition coefficient (Wildman–Crippen LogP) is 1.18. The summed E-state index contributed by atoms with van der Waals surface area (Å²) in [5.74, 6) is -1.10. The highest BCUT2D eigenvalue weighted by Gasteiger charge is 2.20. The van der Waals surface area contributed by atoms with Crippen molar-refractivity contribution in [2.24, 2.45) is 0 Å². The number of carbonyl (C=O) groups excluding carboxylic acids is 2. The van der Waals surface area contributed by atoms with E-state index in [0.29, 0.717) is 22.9 Å². The lowest BCUT2D eigenvalue weighted by Gasteiger charge is -2.15. The molecule has 0 radical (unpaired) electrons. The van der Waals surface area contributed by atoms with Crippen LogP contribution in [-0.2, 0) is 9.59 Å². The molecule has 7 nitrogen and oxygen atoms in total. The van der Waals surface area contributed by atoms with Gasteiger partial charge in [0.25, 0.3) is 0 Å². The molecule has 8 heteroatoms. The Balaban J connectivity index is 2.89. The van der Waals surface area contributed by atoms with Crippen LogP contribution in [-0.4, -0.2) is 43.8 Å². The lowest BCUT2D eigenvalue weighted by atomic mass is 10.2. The second-order valence-corrected chi connectivity index (χ2v) is 4.81. The van der Waals surface area contributed by atoms with Crippen molar-refractivity contribution in [1.82, 2.24) is 5.32 Å². The van der Waals surface area contributed by atoms with Crippen molar-refractivity contribution in [1.29, 1.82) is 0 Å². The van der Waals surface area contributed by atoms with Gasteiger partial charge in [0, 0.05) is 12.1 Å². The molecule has 0 aliphatic carbocycles. The van der Waals surface area contributed by atoms with Gasteiger partial charge in [-0.15, -0.1) is 0 Å². The molecule has 0 fully saturated rings. The summed E-state index contributed by atoms with van der Waals surface area (Å²) >= 11 is 5.96. The summed E-state index contributed by atoms with van der Waals surface area (Å²) in [6.45, 7) is 1.54. The highest BCUT2D eigenvalue weighted by molar-refractivity contribution is 6.40. The second kappa shape index (κ2) is 8.45. The van der Waals surface area contributed by atoms with Crippen molar-refractivity contribution < 1.29 is 24.2 Å². The smallest absolute Gasteiger partial charge is 0.313 e. The molecule has 3 N–H and O–H groups in total. The Morgan fingerprint density at radius 1 is 1.23 bits per heavy atom. The molecule has 0 aliphatic rings. The number of aliphatic hydroxyl groups excluding tert-OH is 1. The summed E-state index contributed by atoms with van der Waals surface area (Å²) in [5, 5.41) is 14.2. The molecule has 2 amide bonds. The molecular weight excluding hydrogens is 312 g/mol. The second-order valence-electron chi connectivity index (χ2n) is 4.40. The topological polar surface area (TPSA) is 96.9 Å². The SMILES string of the molecule is CCC(CO)NC(=O)C(=O)Nc1cc(OC)c(Cl)cc1OC. The molecule has 122 valence electrons. The Labute approximate surface area is 133 Å². The van der Waals surface area contributed by atoms with E-state index in [1.54, 1.807) is 6.92 Å². The molecule has 0 saturated heterocycles. The number of hydrogen-bond acceptors (Lipinski definition) is 5. The van der Waals surface area contributed by atoms with Crippen LogP contribution in [0.1, 0.15) is 13.3 Å². The van der Waals surface area contributed by atoms with Crippen molar-refractivity contribution in [3.05, 3.63) is 17.2 Å². The van der Waals surface area contributed by atoms with Gasteiger partial charge in [0.05, 0.1) is 37.6 Å². The highest BCUT2D eigenvalue weighted by Crippen LogP contribution is 2.35. The molecule has 22 heavy (non-hydrogen) atoms. The zero-order valence-corrected chi connectivity index (χ0v) is 13.4. The van der Waals surface area contributed by atoms with Crippen molar-refractivity contribution in [3.8, 4) is 11.5 Å². The first kappa shape index (κ1) is 18.1. The van der Waals surface area contributed by atoms with Crippen LogP contribution in [0.15, 0.2) is 12.1 Å². The fourth-order valence-corrected chi connectivity index (χ4v) is 1.90. The van der Waals surface area contributed by atoms with E-state index in [2.05, 4.69) is 10.6 Å². The molecular formula is C14H19ClN2O5. The molecule has 0 aromatic heterocycles. The van der Waals surface area contributed by atoms with E-state index in [0.717, 1.165) is 0 Å². The van der Waals surface area contributed by atoms with E-state index >= 15 is 0 Å². The Hall–Kier alpha value is -1.99. The Morgan fingerprint density at radius 3 is 2.36 bits per heavy atom. The van der Waals surface area contributed by atoms with Crippen molar-refractivity contribution in [2.45, 2.75) is 19.4 Å². The summed E-state index contributed by atoms with van der Waals surface area (Å²) in [4.78, 5) is 23.7. The fraction of sp³-hybridized carbons (Fsp3) is 0.429. The third-order valence-corrected chi connectivity index (χ3v) is 3.27. The van der Waals surface area contributed by atoms with Crippen molar-refractivity contribution >= 4 is 29.1 Å². The Kier molecular flexibility index (Phi) is 6.94. The van der Waals surface area contributed by atoms with Gasteiger partial charge in [0.1, 0.15) is 11.5 Å². The predicted molar refractivity (Wildman–Crippen MR) is 82.5 cm³/mol. The van der Waals surface area contributed by atoms with Gasteiger partial charge in [-0.25, -0.2) is 0 Å². The number of rotatable bonds is 6. The molecule has 0 saturated carbocycles. The Morgan fingerprint density at radius 2 is 1.86 bits per heavy atom. The number of ether oxygens (including phenoxy) is 2. The average Bonchev–Trinajstić information content (AvgIpc) is 2.53. The number of aliphatic hydroxyl groups is 1. The normalized spacial score (nSPS) is 11.5. The number of nitrogens with one attached hydrogen (secondary N) is 2. The molecule has 0 aliphatic heterocycles. The molecule has 1 unspecified atom stereocenters. The standard InChI is InChI=1S/C14H19ClN2O5/c1-4-8(7-18)16-13(19)14(20)17-10-6-11(21-2)9(15)5-12(10)22-3/h5-6,8,18H,4,7H2,1-3H3,(H,16,19)(H,17,20). The summed E-state index contributed by atoms with van der Waals surface area (Å²) in [5.41, 5.74) is 0.251. The third-order valence-electron chi connectivity index (χ3n) is 2.98. The molecule has 1 aromatic carbocycles. The number of carbonyl (C=O) groups is 2. The van der Waals surface area contributed by atoms with E-state index in [1.165, 1.54) is 26.4 Å². The summed E-state index contributed by atoms with van der Waals surface area (Å²) in [6, 6.07) is 2.45. The van der Waals surface area contributed by atoms with E-state index in [4.69, 9.17) is 26.2 Å². The van der Waals surface area contributed by atoms with Crippen LogP contribution in [0.3, 0.4) is 0 Å². The minimum Gasteiger partial charge on any atom is -0.495 e. The molecule has 1 atom stereocenters. The first-order valence-electron chi connectivity index (χ1n) is 6.61. The maximum atomic E-state index is 11.9. The molecule has 0 spiro atoms. The first-order chi connectivity index (χ1) is 10.5. The van der Waals surface area contributed by atoms with Crippen LogP contribution in [0, 0.1) is 0 Å². The van der Waals surface area contributed by atoms with Crippen LogP contribution in [0.2, 0.25) is 5.02 Å². The molecule has 1 aromatic rings. The largest absolute Gasteiger partial charge is 0.495 e. The summed E-state index contributed by atoms with van der Waals surface area (Å²) in [7, 11) is 2.84. The summed E-state index contributed by atoms with van der Waals surface area (Å²) in [6.07, 6.45) is 0.508. The number of methoxy groups -OCH3 is 2. The van der Waals surface area contributed by atoms with Gasteiger partial charge in [-0.05, 0) is 6.42 Å². The van der Waals surface area contributed by atoms with Gasteiger partial charge >= 0.3 is 11.8 Å². The van der Waals surface area contributed by atoms with Gasteiger partial charge in [0.15, 0.2) is 0 Å². The number of anilines is 1. The number of benzene rings is 1. The highest BCUT2D eigenvalue weighted by atomic mass is 35.5. The van der Waals surface area contributed by atoms with Gasteiger partial charge in [0.2, 0.25) is 0 Å². The van der Waals surface area contributed by atoms with Crippen molar-refractivity contribution in [3.63, 3.8) is 0 Å². The minimum atomic E-state index is -0.880. The lowest BCUT2D eigenvalue weighted by molar-refractivity contribution is -0.136. The van der Waals surface area contributed by atoms with E-state index in [-0.39, 0.29) is 12.3 Å². The quantitative estimate of drug-likeness (QED) is 0.681. The maximum absolute atomic E-state index is 11.9. The summed E-state index contributed by atoms with van der Waals surface area (Å²) < 4.78 is 10.2. The van der Waals surface area contributed by atoms with Crippen molar-refractivity contribution in [2.75, 3.05) is 26.1 Å². The number of amides is 2. The van der Waals surface area contributed by atoms with Gasteiger partial charge in [-0.1, -0.05) is 18.5 Å². The zero-order valence-electron chi connectivity index (χ0n) is 12.6. The van der Waals surface area contributed by atoms with E-state index < -0.39 is 17.9 Å². The van der Waals surface area contributed by atoms with Crippen LogP contribution >= 0.6 is 11.6 Å². The number of hydrogen-bond donors (Lipinski definition) is 3. The molecule has 0 heterocycles.